The minimum atomic E-state index is -3.92. The number of amides is 2. The first kappa shape index (κ1) is 22.7. The molecule has 2 amide bonds. The number of sulfone groups is 1. The predicted octanol–water partition coefficient (Wildman–Crippen LogP) is 3.13. The molecule has 1 aliphatic heterocycles. The van der Waals surface area contributed by atoms with Gasteiger partial charge in [-0.3, -0.25) is 4.79 Å². The van der Waals surface area contributed by atoms with Gasteiger partial charge in [-0.1, -0.05) is 37.0 Å². The van der Waals surface area contributed by atoms with E-state index in [0.29, 0.717) is 17.9 Å². The van der Waals surface area contributed by atoms with Crippen molar-refractivity contribution >= 4 is 45.0 Å². The Labute approximate surface area is 185 Å². The van der Waals surface area contributed by atoms with Gasteiger partial charge in [0.15, 0.2) is 16.1 Å². The van der Waals surface area contributed by atoms with Crippen LogP contribution in [0.15, 0.2) is 23.1 Å². The summed E-state index contributed by atoms with van der Waals surface area (Å²) in [7, 11) is -3.92. The van der Waals surface area contributed by atoms with Crippen molar-refractivity contribution in [3.63, 3.8) is 0 Å². The van der Waals surface area contributed by atoms with E-state index in [1.165, 1.54) is 23.1 Å². The van der Waals surface area contributed by atoms with Gasteiger partial charge in [-0.25, -0.2) is 13.2 Å². The lowest BCUT2D eigenvalue weighted by Crippen LogP contribution is -2.44. The number of hydrogen-bond acceptors (Lipinski definition) is 6. The third kappa shape index (κ3) is 4.51. The standard InChI is InChI=1S/C19H21Cl2N3O5S/c1-11(2)17(25)24-9-13(30(27,28)15-4-3-12(20)7-14(15)21)8-16(24)29-18(26)23-19(10-22)5-6-19/h3-4,7,11,13,16H,5-6,8-9H2,1-2H3,(H,23,26)/t13-,16+/m1/s1. The van der Waals surface area contributed by atoms with Crippen LogP contribution >= 0.6 is 23.2 Å². The predicted molar refractivity (Wildman–Crippen MR) is 110 cm³/mol. The number of alkyl carbamates (subject to hydrolysis) is 1. The van der Waals surface area contributed by atoms with Gasteiger partial charge in [0.2, 0.25) is 5.91 Å². The number of benzene rings is 1. The van der Waals surface area contributed by atoms with E-state index in [4.69, 9.17) is 33.2 Å². The number of nitriles is 1. The molecule has 1 aromatic carbocycles. The highest BCUT2D eigenvalue weighted by Crippen LogP contribution is 2.36. The van der Waals surface area contributed by atoms with Crippen LogP contribution in [0.1, 0.15) is 33.1 Å². The number of ether oxygens (including phenoxy) is 1. The van der Waals surface area contributed by atoms with E-state index in [-0.39, 0.29) is 28.8 Å². The molecule has 0 radical (unpaired) electrons. The summed E-state index contributed by atoms with van der Waals surface area (Å²) in [4.78, 5) is 26.1. The Morgan fingerprint density at radius 2 is 2.00 bits per heavy atom. The van der Waals surface area contributed by atoms with Crippen molar-refractivity contribution in [3.8, 4) is 6.07 Å². The molecular formula is C19H21Cl2N3O5S. The number of hydrogen-bond donors (Lipinski definition) is 1. The Bertz CT molecular complexity index is 1020. The van der Waals surface area contributed by atoms with Crippen molar-refractivity contribution in [3.05, 3.63) is 28.2 Å². The molecule has 30 heavy (non-hydrogen) atoms. The minimum Gasteiger partial charge on any atom is -0.425 e. The summed E-state index contributed by atoms with van der Waals surface area (Å²) in [6, 6.07) is 6.09. The molecule has 1 saturated carbocycles. The number of likely N-dealkylation sites (tertiary alicyclic amines) is 1. The number of nitrogens with zero attached hydrogens (tertiary/aromatic N) is 2. The molecule has 1 N–H and O–H groups in total. The number of carbonyl (C=O) groups is 2. The molecule has 8 nitrogen and oxygen atoms in total. The van der Waals surface area contributed by atoms with Crippen molar-refractivity contribution < 1.29 is 22.7 Å². The first-order valence-corrected chi connectivity index (χ1v) is 11.7. The van der Waals surface area contributed by atoms with E-state index in [1.807, 2.05) is 6.07 Å². The van der Waals surface area contributed by atoms with Gasteiger partial charge in [0.05, 0.1) is 21.2 Å². The van der Waals surface area contributed by atoms with E-state index < -0.39 is 38.9 Å². The highest BCUT2D eigenvalue weighted by molar-refractivity contribution is 7.92. The second kappa shape index (κ2) is 8.25. The smallest absolute Gasteiger partial charge is 0.410 e. The average molecular weight is 474 g/mol. The van der Waals surface area contributed by atoms with E-state index in [1.54, 1.807) is 13.8 Å². The molecule has 1 heterocycles. The maximum atomic E-state index is 13.2. The number of carbonyl (C=O) groups excluding carboxylic acids is 2. The van der Waals surface area contributed by atoms with Crippen LogP contribution in [-0.4, -0.2) is 48.9 Å². The summed E-state index contributed by atoms with van der Waals surface area (Å²) >= 11 is 11.9. The molecule has 0 spiro atoms. The summed E-state index contributed by atoms with van der Waals surface area (Å²) in [5.41, 5.74) is -0.940. The van der Waals surface area contributed by atoms with Crippen LogP contribution in [-0.2, 0) is 19.4 Å². The first-order valence-electron chi connectivity index (χ1n) is 9.38. The van der Waals surface area contributed by atoms with Gasteiger partial charge in [-0.2, -0.15) is 5.26 Å². The zero-order valence-electron chi connectivity index (χ0n) is 16.4. The monoisotopic (exact) mass is 473 g/mol. The third-order valence-corrected chi connectivity index (χ3v) is 8.03. The topological polar surface area (TPSA) is 117 Å². The normalized spacial score (nSPS) is 22.5. The van der Waals surface area contributed by atoms with Gasteiger partial charge < -0.3 is 15.0 Å². The molecular weight excluding hydrogens is 453 g/mol. The van der Waals surface area contributed by atoms with E-state index in [2.05, 4.69) is 5.32 Å². The molecule has 2 fully saturated rings. The maximum Gasteiger partial charge on any atom is 0.410 e. The van der Waals surface area contributed by atoms with Crippen molar-refractivity contribution in [2.75, 3.05) is 6.54 Å². The van der Waals surface area contributed by atoms with Crippen molar-refractivity contribution in [2.24, 2.45) is 5.92 Å². The summed E-state index contributed by atoms with van der Waals surface area (Å²) in [5, 5.41) is 10.9. The molecule has 11 heteroatoms. The molecule has 3 rings (SSSR count). The van der Waals surface area contributed by atoms with Gasteiger partial charge in [0.1, 0.15) is 5.54 Å². The zero-order chi connectivity index (χ0) is 22.3. The third-order valence-electron chi connectivity index (χ3n) is 5.18. The molecule has 0 aromatic heterocycles. The quantitative estimate of drug-likeness (QED) is 0.701. The molecule has 162 valence electrons. The Kier molecular flexibility index (Phi) is 6.23. The van der Waals surface area contributed by atoms with Crippen molar-refractivity contribution in [2.45, 2.75) is 55.0 Å². The van der Waals surface area contributed by atoms with E-state index in [0.717, 1.165) is 0 Å². The van der Waals surface area contributed by atoms with Crippen LogP contribution in [0.4, 0.5) is 4.79 Å². The zero-order valence-corrected chi connectivity index (χ0v) is 18.7. The lowest BCUT2D eigenvalue weighted by Gasteiger charge is -2.26. The summed E-state index contributed by atoms with van der Waals surface area (Å²) in [5.74, 6) is -0.761. The maximum absolute atomic E-state index is 13.2. The Morgan fingerprint density at radius 1 is 1.33 bits per heavy atom. The Hall–Kier alpha value is -2.02. The van der Waals surface area contributed by atoms with Gasteiger partial charge in [-0.05, 0) is 31.0 Å². The molecule has 2 atom stereocenters. The van der Waals surface area contributed by atoms with Gasteiger partial charge in [0, 0.05) is 23.9 Å². The fraction of sp³-hybridized carbons (Fsp3) is 0.526. The van der Waals surface area contributed by atoms with E-state index in [9.17, 15) is 18.0 Å². The molecule has 0 unspecified atom stereocenters. The van der Waals surface area contributed by atoms with Crippen LogP contribution in [0.2, 0.25) is 10.0 Å². The Morgan fingerprint density at radius 3 is 2.53 bits per heavy atom. The molecule has 1 aliphatic carbocycles. The lowest BCUT2D eigenvalue weighted by molar-refractivity contribution is -0.141. The SMILES string of the molecule is CC(C)C(=O)N1C[C@H](S(=O)(=O)c2ccc(Cl)cc2Cl)C[C@@H]1OC(=O)NC1(C#N)CC1. The molecule has 0 bridgehead atoms. The number of nitrogens with one attached hydrogen (secondary N) is 1. The second-order valence-corrected chi connectivity index (χ2v) is 10.8. The first-order chi connectivity index (χ1) is 14.0. The number of halogens is 2. The second-order valence-electron chi connectivity index (χ2n) is 7.80. The minimum absolute atomic E-state index is 0.0176. The average Bonchev–Trinajstić information content (AvgIpc) is 3.30. The fourth-order valence-corrected chi connectivity index (χ4v) is 5.74. The summed E-state index contributed by atoms with van der Waals surface area (Å²) < 4.78 is 31.7. The van der Waals surface area contributed by atoms with Crippen LogP contribution in [0.3, 0.4) is 0 Å². The Balaban J connectivity index is 1.83. The van der Waals surface area contributed by atoms with Gasteiger partial charge in [0.25, 0.3) is 0 Å². The largest absolute Gasteiger partial charge is 0.425 e. The molecule has 2 aliphatic rings. The lowest BCUT2D eigenvalue weighted by atomic mass is 10.2. The van der Waals surface area contributed by atoms with Crippen molar-refractivity contribution in [1.29, 1.82) is 5.26 Å². The van der Waals surface area contributed by atoms with Crippen molar-refractivity contribution in [1.82, 2.24) is 10.2 Å². The summed E-state index contributed by atoms with van der Waals surface area (Å²) in [6.07, 6.45) is -0.996. The fourth-order valence-electron chi connectivity index (χ4n) is 3.29. The number of rotatable bonds is 5. The van der Waals surface area contributed by atoms with E-state index >= 15 is 0 Å². The van der Waals surface area contributed by atoms with Crippen LogP contribution < -0.4 is 5.32 Å². The molecule has 1 aromatic rings. The highest BCUT2D eigenvalue weighted by atomic mass is 35.5. The van der Waals surface area contributed by atoms with Crippen LogP contribution in [0.5, 0.6) is 0 Å². The van der Waals surface area contributed by atoms with Crippen LogP contribution in [0.25, 0.3) is 0 Å². The van der Waals surface area contributed by atoms with Crippen LogP contribution in [0, 0.1) is 17.2 Å². The van der Waals surface area contributed by atoms with Gasteiger partial charge >= 0.3 is 6.09 Å². The summed E-state index contributed by atoms with van der Waals surface area (Å²) in [6.45, 7) is 3.21. The molecule has 1 saturated heterocycles. The van der Waals surface area contributed by atoms with Gasteiger partial charge in [-0.15, -0.1) is 0 Å². The highest BCUT2D eigenvalue weighted by Gasteiger charge is 2.48.